The lowest BCUT2D eigenvalue weighted by atomic mass is 9.78. The zero-order chi connectivity index (χ0) is 23.0. The maximum atomic E-state index is 2.61. The molecule has 31 heavy (non-hydrogen) atoms. The molecular formula is C29H41NS. The van der Waals surface area contributed by atoms with E-state index < -0.39 is 0 Å². The first-order chi connectivity index (χ1) is 14.5. The third-order valence-corrected chi connectivity index (χ3v) is 7.68. The lowest BCUT2D eigenvalue weighted by Crippen LogP contribution is -2.20. The van der Waals surface area contributed by atoms with Crippen LogP contribution in [0.5, 0.6) is 0 Å². The number of allylic oxidation sites excluding steroid dienone is 2. The number of hydrogen-bond donors (Lipinski definition) is 0. The Balaban J connectivity index is 2.29. The van der Waals surface area contributed by atoms with E-state index in [4.69, 9.17) is 0 Å². The molecule has 0 atom stereocenters. The quantitative estimate of drug-likeness (QED) is 0.461. The first kappa shape index (κ1) is 24.0. The van der Waals surface area contributed by atoms with Crippen LogP contribution in [0.15, 0.2) is 47.0 Å². The highest BCUT2D eigenvalue weighted by Gasteiger charge is 2.27. The predicted molar refractivity (Wildman–Crippen MR) is 141 cm³/mol. The monoisotopic (exact) mass is 435 g/mol. The van der Waals surface area contributed by atoms with Gasteiger partial charge in [0.1, 0.15) is 0 Å². The zero-order valence-electron chi connectivity index (χ0n) is 21.1. The normalized spacial score (nSPS) is 15.2. The Bertz CT molecular complexity index is 937. The number of para-hydroxylation sites is 1. The summed E-state index contributed by atoms with van der Waals surface area (Å²) in [7, 11) is 0. The third kappa shape index (κ3) is 4.90. The van der Waals surface area contributed by atoms with Crippen LogP contribution < -0.4 is 4.90 Å². The van der Waals surface area contributed by atoms with E-state index in [-0.39, 0.29) is 10.8 Å². The van der Waals surface area contributed by atoms with Crippen molar-refractivity contribution >= 4 is 17.4 Å². The van der Waals surface area contributed by atoms with Crippen LogP contribution in [0.3, 0.4) is 0 Å². The fourth-order valence-corrected chi connectivity index (χ4v) is 5.62. The van der Waals surface area contributed by atoms with Crippen LogP contribution in [-0.4, -0.2) is 5.88 Å². The largest absolute Gasteiger partial charge is 0.334 e. The standard InChI is InChI=1S/C29H41NS/c1-10-20-14-13-15-24(27(20)30-19-31-26(12-3)25(30)11-2)21-16-22(28(4,5)6)18-23(17-21)29(7,8)9/h13-18H,10-12,19H2,1-9H3. The molecule has 3 rings (SSSR count). The second-order valence-corrected chi connectivity index (χ2v) is 11.8. The highest BCUT2D eigenvalue weighted by atomic mass is 32.2. The van der Waals surface area contributed by atoms with Crippen LogP contribution in [0, 0.1) is 0 Å². The second kappa shape index (κ2) is 9.06. The lowest BCUT2D eigenvalue weighted by molar-refractivity contribution is 0.569. The number of thioether (sulfide) groups is 1. The predicted octanol–water partition coefficient (Wildman–Crippen LogP) is 9.05. The lowest BCUT2D eigenvalue weighted by Gasteiger charge is -2.30. The molecule has 0 saturated carbocycles. The molecule has 1 aliphatic heterocycles. The van der Waals surface area contributed by atoms with Crippen molar-refractivity contribution in [3.63, 3.8) is 0 Å². The highest BCUT2D eigenvalue weighted by Crippen LogP contribution is 2.45. The van der Waals surface area contributed by atoms with Crippen LogP contribution in [0.4, 0.5) is 5.69 Å². The van der Waals surface area contributed by atoms with Crippen molar-refractivity contribution < 1.29 is 0 Å². The molecular weight excluding hydrogens is 394 g/mol. The first-order valence-corrected chi connectivity index (χ1v) is 12.9. The molecule has 2 heteroatoms. The van der Waals surface area contributed by atoms with Crippen molar-refractivity contribution in [2.24, 2.45) is 0 Å². The average molecular weight is 436 g/mol. The number of hydrogen-bond acceptors (Lipinski definition) is 2. The van der Waals surface area contributed by atoms with E-state index in [0.29, 0.717) is 0 Å². The Hall–Kier alpha value is -1.67. The Morgan fingerprint density at radius 3 is 1.90 bits per heavy atom. The molecule has 0 saturated heterocycles. The minimum absolute atomic E-state index is 0.117. The van der Waals surface area contributed by atoms with E-state index in [9.17, 15) is 0 Å². The number of nitrogens with zero attached hydrogens (tertiary/aromatic N) is 1. The Kier molecular flexibility index (Phi) is 7.01. The van der Waals surface area contributed by atoms with Gasteiger partial charge >= 0.3 is 0 Å². The highest BCUT2D eigenvalue weighted by molar-refractivity contribution is 8.03. The van der Waals surface area contributed by atoms with E-state index in [2.05, 4.69) is 104 Å². The van der Waals surface area contributed by atoms with Crippen molar-refractivity contribution in [3.8, 4) is 11.1 Å². The molecule has 2 aromatic carbocycles. The zero-order valence-corrected chi connectivity index (χ0v) is 22.0. The van der Waals surface area contributed by atoms with Gasteiger partial charge in [-0.25, -0.2) is 0 Å². The van der Waals surface area contributed by atoms with Gasteiger partial charge in [-0.15, -0.1) is 11.8 Å². The van der Waals surface area contributed by atoms with Crippen molar-refractivity contribution in [1.82, 2.24) is 0 Å². The molecule has 1 aliphatic rings. The fraction of sp³-hybridized carbons (Fsp3) is 0.517. The Morgan fingerprint density at radius 2 is 1.42 bits per heavy atom. The minimum atomic E-state index is 0.117. The van der Waals surface area contributed by atoms with Gasteiger partial charge in [0.05, 0.1) is 11.6 Å². The summed E-state index contributed by atoms with van der Waals surface area (Å²) < 4.78 is 0. The van der Waals surface area contributed by atoms with E-state index in [0.717, 1.165) is 25.1 Å². The first-order valence-electron chi connectivity index (χ1n) is 11.9. The van der Waals surface area contributed by atoms with Gasteiger partial charge in [0.2, 0.25) is 0 Å². The van der Waals surface area contributed by atoms with Crippen LogP contribution in [0.2, 0.25) is 0 Å². The Labute approximate surface area is 195 Å². The summed E-state index contributed by atoms with van der Waals surface area (Å²) in [4.78, 5) is 4.16. The minimum Gasteiger partial charge on any atom is -0.334 e. The summed E-state index contributed by atoms with van der Waals surface area (Å²) in [5, 5.41) is 0. The summed E-state index contributed by atoms with van der Waals surface area (Å²) in [5.74, 6) is 1.03. The summed E-state index contributed by atoms with van der Waals surface area (Å²) >= 11 is 2.02. The topological polar surface area (TPSA) is 3.24 Å². The molecule has 0 spiro atoms. The molecule has 2 aromatic rings. The van der Waals surface area contributed by atoms with Crippen molar-refractivity contribution in [3.05, 3.63) is 63.7 Å². The van der Waals surface area contributed by atoms with Crippen LogP contribution >= 0.6 is 11.8 Å². The van der Waals surface area contributed by atoms with E-state index >= 15 is 0 Å². The van der Waals surface area contributed by atoms with Crippen LogP contribution in [0.25, 0.3) is 11.1 Å². The van der Waals surface area contributed by atoms with Gasteiger partial charge in [0.15, 0.2) is 0 Å². The molecule has 168 valence electrons. The molecule has 0 bridgehead atoms. The van der Waals surface area contributed by atoms with Gasteiger partial charge in [0.25, 0.3) is 0 Å². The third-order valence-electron chi connectivity index (χ3n) is 6.42. The molecule has 0 aliphatic carbocycles. The molecule has 0 radical (unpaired) electrons. The maximum Gasteiger partial charge on any atom is 0.0729 e. The van der Waals surface area contributed by atoms with Crippen molar-refractivity contribution in [2.45, 2.75) is 92.4 Å². The smallest absolute Gasteiger partial charge is 0.0729 e. The summed E-state index contributed by atoms with van der Waals surface area (Å²) in [6.07, 6.45) is 3.26. The maximum absolute atomic E-state index is 2.61. The summed E-state index contributed by atoms with van der Waals surface area (Å²) in [6, 6.07) is 14.2. The SMILES string of the molecule is CCC1=C(CC)N(c2c(CC)cccc2-c2cc(C(C)(C)C)cc(C(C)(C)C)c2)CS1. The van der Waals surface area contributed by atoms with Crippen LogP contribution in [-0.2, 0) is 17.3 Å². The molecule has 0 amide bonds. The van der Waals surface area contributed by atoms with E-state index in [1.807, 2.05) is 11.8 Å². The van der Waals surface area contributed by atoms with Gasteiger partial charge < -0.3 is 4.90 Å². The Morgan fingerprint density at radius 1 is 0.806 bits per heavy atom. The average Bonchev–Trinajstić information content (AvgIpc) is 3.14. The van der Waals surface area contributed by atoms with Crippen molar-refractivity contribution in [1.29, 1.82) is 0 Å². The fourth-order valence-electron chi connectivity index (χ4n) is 4.43. The number of aryl methyl sites for hydroxylation is 1. The van der Waals surface area contributed by atoms with Crippen LogP contribution in [0.1, 0.15) is 91.8 Å². The van der Waals surface area contributed by atoms with Gasteiger partial charge in [-0.3, -0.25) is 0 Å². The van der Waals surface area contributed by atoms with Gasteiger partial charge in [0, 0.05) is 16.2 Å². The number of benzene rings is 2. The van der Waals surface area contributed by atoms with Gasteiger partial charge in [-0.2, -0.15) is 0 Å². The molecule has 1 heterocycles. The molecule has 0 unspecified atom stereocenters. The molecule has 0 aromatic heterocycles. The summed E-state index contributed by atoms with van der Waals surface area (Å²) in [6.45, 7) is 20.8. The summed E-state index contributed by atoms with van der Waals surface area (Å²) in [5.41, 5.74) is 10.2. The van der Waals surface area contributed by atoms with Gasteiger partial charge in [-0.1, -0.05) is 98.7 Å². The van der Waals surface area contributed by atoms with Crippen molar-refractivity contribution in [2.75, 3.05) is 10.8 Å². The van der Waals surface area contributed by atoms with E-state index in [1.165, 1.54) is 39.2 Å². The molecule has 0 fully saturated rings. The molecule has 0 N–H and O–H groups in total. The second-order valence-electron chi connectivity index (χ2n) is 10.7. The molecule has 1 nitrogen and oxygen atoms in total. The number of anilines is 1. The number of rotatable bonds is 5. The van der Waals surface area contributed by atoms with Gasteiger partial charge in [-0.05, 0) is 52.3 Å². The van der Waals surface area contributed by atoms with E-state index in [1.54, 1.807) is 4.91 Å².